The maximum Gasteiger partial charge on any atom is 0.354 e. The van der Waals surface area contributed by atoms with Crippen molar-refractivity contribution in [2.75, 3.05) is 13.6 Å². The summed E-state index contributed by atoms with van der Waals surface area (Å²) in [6.45, 7) is -0.392. The molecule has 0 aromatic carbocycles. The van der Waals surface area contributed by atoms with E-state index in [-0.39, 0.29) is 0 Å². The fourth-order valence-corrected chi connectivity index (χ4v) is 3.19. The van der Waals surface area contributed by atoms with Gasteiger partial charge in [-0.1, -0.05) is 0 Å². The van der Waals surface area contributed by atoms with Gasteiger partial charge in [0.2, 0.25) is 0 Å². The molecule has 0 saturated heterocycles. The molecule has 0 bridgehead atoms. The smallest absolute Gasteiger partial charge is 0.354 e. The lowest BCUT2D eigenvalue weighted by atomic mass is 10.4. The summed E-state index contributed by atoms with van der Waals surface area (Å²) < 4.78 is 21.3. The van der Waals surface area contributed by atoms with Crippen LogP contribution in [0.3, 0.4) is 0 Å². The lowest BCUT2D eigenvalue weighted by Crippen LogP contribution is -2.34. The van der Waals surface area contributed by atoms with E-state index in [0.717, 1.165) is 0 Å². The molecule has 0 heterocycles. The van der Waals surface area contributed by atoms with Crippen molar-refractivity contribution in [3.63, 3.8) is 0 Å². The zero-order valence-electron chi connectivity index (χ0n) is 7.31. The maximum atomic E-state index is 10.8. The Balaban J connectivity index is 4.85. The molecule has 6 N–H and O–H groups in total. The van der Waals surface area contributed by atoms with E-state index in [4.69, 9.17) is 24.7 Å². The van der Waals surface area contributed by atoms with Gasteiger partial charge in [0, 0.05) is 6.54 Å². The highest BCUT2D eigenvalue weighted by molar-refractivity contribution is 7.57. The molecule has 14 heavy (non-hydrogen) atoms. The Bertz CT molecular complexity index is 269. The molecule has 0 amide bonds. The van der Waals surface area contributed by atoms with Crippen molar-refractivity contribution in [1.82, 2.24) is 5.32 Å². The number of hydrogen-bond donors (Lipinski definition) is 6. The molecular formula is C4H13NO7P2. The first-order valence-electron chi connectivity index (χ1n) is 3.53. The molecule has 86 valence electrons. The van der Waals surface area contributed by atoms with E-state index in [1.165, 1.54) is 7.05 Å². The minimum absolute atomic E-state index is 0.392. The highest BCUT2D eigenvalue weighted by Gasteiger charge is 2.43. The highest BCUT2D eigenvalue weighted by Crippen LogP contribution is 2.52. The average Bonchev–Trinajstić information content (AvgIpc) is 1.94. The highest BCUT2D eigenvalue weighted by atomic mass is 31.2. The number of hydrogen-bond acceptors (Lipinski definition) is 4. The van der Waals surface area contributed by atoms with Gasteiger partial charge in [-0.2, -0.15) is 0 Å². The molecule has 0 rings (SSSR count). The molecule has 0 aromatic heterocycles. The first-order chi connectivity index (χ1) is 6.10. The van der Waals surface area contributed by atoms with Crippen LogP contribution < -0.4 is 5.32 Å². The van der Waals surface area contributed by atoms with Gasteiger partial charge in [0.25, 0.3) is 0 Å². The molecule has 0 aliphatic heterocycles. The van der Waals surface area contributed by atoms with E-state index in [9.17, 15) is 9.13 Å². The van der Waals surface area contributed by atoms with Crippen LogP contribution in [-0.4, -0.2) is 49.8 Å². The van der Waals surface area contributed by atoms with Crippen molar-refractivity contribution in [3.05, 3.63) is 0 Å². The van der Waals surface area contributed by atoms with Crippen LogP contribution in [0.4, 0.5) is 0 Å². The van der Waals surface area contributed by atoms with E-state index in [2.05, 4.69) is 5.32 Å². The minimum Gasteiger partial charge on any atom is -0.380 e. The summed E-state index contributed by atoms with van der Waals surface area (Å²) in [6.07, 6.45) is 0. The van der Waals surface area contributed by atoms with Crippen LogP contribution in [0.2, 0.25) is 0 Å². The molecule has 0 aliphatic rings. The van der Waals surface area contributed by atoms with Gasteiger partial charge < -0.3 is 30.0 Å². The Morgan fingerprint density at radius 3 is 1.79 bits per heavy atom. The van der Waals surface area contributed by atoms with E-state index in [1.807, 2.05) is 0 Å². The van der Waals surface area contributed by atoms with Gasteiger partial charge in [0.05, 0.1) is 0 Å². The molecule has 0 aromatic rings. The molecule has 0 aliphatic carbocycles. The Kier molecular flexibility index (Phi) is 4.90. The van der Waals surface area contributed by atoms with Crippen molar-refractivity contribution in [2.24, 2.45) is 0 Å². The van der Waals surface area contributed by atoms with Crippen molar-refractivity contribution in [1.29, 1.82) is 0 Å². The third kappa shape index (κ3) is 4.16. The standard InChI is InChI=1S/C4H13NO7P2/c1-5-2-3(13(7,8)9)4(6)14(10,11)12/h3-6H,2H2,1H3,(H2,7,8,9)(H2,10,11,12). The normalized spacial score (nSPS) is 17.9. The SMILES string of the molecule is CNCC(C(O)P(=O)(O)O)P(=O)(O)O. The van der Waals surface area contributed by atoms with Crippen LogP contribution in [-0.2, 0) is 9.13 Å². The lowest BCUT2D eigenvalue weighted by molar-refractivity contribution is 0.184. The number of aliphatic hydroxyl groups excluding tert-OH is 1. The van der Waals surface area contributed by atoms with Gasteiger partial charge in [-0.15, -0.1) is 0 Å². The van der Waals surface area contributed by atoms with Crippen molar-refractivity contribution < 1.29 is 33.8 Å². The number of rotatable bonds is 5. The van der Waals surface area contributed by atoms with Crippen LogP contribution in [0.5, 0.6) is 0 Å². The monoisotopic (exact) mass is 249 g/mol. The summed E-state index contributed by atoms with van der Waals surface area (Å²) in [6, 6.07) is 0. The van der Waals surface area contributed by atoms with E-state index in [0.29, 0.717) is 0 Å². The predicted octanol–water partition coefficient (Wildman–Crippen LogP) is -1.75. The third-order valence-corrected chi connectivity index (χ3v) is 4.15. The summed E-state index contributed by atoms with van der Waals surface area (Å²) in [5.41, 5.74) is -1.81. The maximum absolute atomic E-state index is 10.8. The van der Waals surface area contributed by atoms with Gasteiger partial charge in [-0.05, 0) is 7.05 Å². The van der Waals surface area contributed by atoms with Crippen LogP contribution in [0.1, 0.15) is 0 Å². The summed E-state index contributed by atoms with van der Waals surface area (Å²) in [4.78, 5) is 34.5. The topological polar surface area (TPSA) is 147 Å². The fourth-order valence-electron chi connectivity index (χ4n) is 0.831. The largest absolute Gasteiger partial charge is 0.380 e. The molecule has 2 atom stereocenters. The first kappa shape index (κ1) is 14.2. The zero-order chi connectivity index (χ0) is 11.6. The molecule has 0 radical (unpaired) electrons. The molecule has 8 nitrogen and oxygen atoms in total. The van der Waals surface area contributed by atoms with Crippen molar-refractivity contribution in [3.8, 4) is 0 Å². The summed E-state index contributed by atoms with van der Waals surface area (Å²) >= 11 is 0. The second kappa shape index (κ2) is 4.83. The average molecular weight is 249 g/mol. The van der Waals surface area contributed by atoms with Crippen LogP contribution in [0.25, 0.3) is 0 Å². The molecular weight excluding hydrogens is 236 g/mol. The van der Waals surface area contributed by atoms with Gasteiger partial charge in [-0.3, -0.25) is 9.13 Å². The summed E-state index contributed by atoms with van der Waals surface area (Å²) in [7, 11) is -8.32. The summed E-state index contributed by atoms with van der Waals surface area (Å²) in [5, 5.41) is 11.3. The molecule has 2 unspecified atom stereocenters. The summed E-state index contributed by atoms with van der Waals surface area (Å²) in [5.74, 6) is -2.37. The molecule has 0 saturated carbocycles. The second-order valence-electron chi connectivity index (χ2n) is 2.72. The van der Waals surface area contributed by atoms with Crippen molar-refractivity contribution >= 4 is 15.2 Å². The third-order valence-electron chi connectivity index (χ3n) is 1.53. The molecule has 0 fully saturated rings. The van der Waals surface area contributed by atoms with Crippen LogP contribution in [0.15, 0.2) is 0 Å². The Morgan fingerprint density at radius 1 is 1.14 bits per heavy atom. The van der Waals surface area contributed by atoms with Crippen molar-refractivity contribution in [2.45, 2.75) is 11.5 Å². The van der Waals surface area contributed by atoms with E-state index in [1.54, 1.807) is 0 Å². The molecule has 10 heteroatoms. The van der Waals surface area contributed by atoms with E-state index >= 15 is 0 Å². The lowest BCUT2D eigenvalue weighted by Gasteiger charge is -2.23. The van der Waals surface area contributed by atoms with Crippen LogP contribution in [0, 0.1) is 0 Å². The van der Waals surface area contributed by atoms with Gasteiger partial charge in [0.1, 0.15) is 5.66 Å². The zero-order valence-corrected chi connectivity index (χ0v) is 9.10. The Morgan fingerprint density at radius 2 is 1.57 bits per heavy atom. The van der Waals surface area contributed by atoms with Gasteiger partial charge >= 0.3 is 15.2 Å². The van der Waals surface area contributed by atoms with Gasteiger partial charge in [0.15, 0.2) is 5.85 Å². The fraction of sp³-hybridized carbons (Fsp3) is 1.00. The Labute approximate surface area is 80.3 Å². The minimum atomic E-state index is -4.92. The quantitative estimate of drug-likeness (QED) is 0.314. The van der Waals surface area contributed by atoms with Crippen LogP contribution >= 0.6 is 15.2 Å². The number of aliphatic hydroxyl groups is 1. The number of nitrogens with one attached hydrogen (secondary N) is 1. The predicted molar refractivity (Wildman–Crippen MR) is 47.8 cm³/mol. The molecule has 0 spiro atoms. The first-order valence-corrected chi connectivity index (χ1v) is 6.90. The Hall–Kier alpha value is 0.220. The van der Waals surface area contributed by atoms with E-state index < -0.39 is 33.2 Å². The van der Waals surface area contributed by atoms with Gasteiger partial charge in [-0.25, -0.2) is 0 Å². The second-order valence-corrected chi connectivity index (χ2v) is 6.27.